The standard InChI is InChI=1S/C23H30BrN3O5S/c1-3-6-21(16(2)24)32-19-12-9-18(10-13-19)15-20(23(29)27-33(25,30)31)26-22(28)14-11-17-7-4-5-8-17/h3,6,9-10,12-13,15,17H,4-5,7-8,11,14H2,1-2H3,(H,26,28)(H,27,29)(H2,25,30,31). The van der Waals surface area contributed by atoms with Gasteiger partial charge in [-0.1, -0.05) is 59.8 Å². The van der Waals surface area contributed by atoms with Gasteiger partial charge in [-0.3, -0.25) is 9.59 Å². The van der Waals surface area contributed by atoms with Gasteiger partial charge in [-0.05, 0) is 56.0 Å². The minimum atomic E-state index is -4.28. The lowest BCUT2D eigenvalue weighted by atomic mass is 10.0. The molecule has 0 atom stereocenters. The van der Waals surface area contributed by atoms with Gasteiger partial charge in [-0.2, -0.15) is 8.42 Å². The third kappa shape index (κ3) is 9.93. The van der Waals surface area contributed by atoms with Gasteiger partial charge in [-0.25, -0.2) is 9.86 Å². The van der Waals surface area contributed by atoms with E-state index in [0.717, 1.165) is 23.7 Å². The molecule has 10 heteroatoms. The van der Waals surface area contributed by atoms with Crippen molar-refractivity contribution in [2.75, 3.05) is 0 Å². The van der Waals surface area contributed by atoms with Crippen LogP contribution in [0.4, 0.5) is 0 Å². The Morgan fingerprint density at radius 2 is 1.85 bits per heavy atom. The molecule has 1 aliphatic rings. The van der Waals surface area contributed by atoms with Crippen LogP contribution in [0.2, 0.25) is 0 Å². The van der Waals surface area contributed by atoms with Gasteiger partial charge in [0, 0.05) is 10.9 Å². The highest BCUT2D eigenvalue weighted by molar-refractivity contribution is 9.11. The molecule has 4 N–H and O–H groups in total. The van der Waals surface area contributed by atoms with Crippen LogP contribution in [0, 0.1) is 5.92 Å². The molecule has 1 aromatic carbocycles. The second-order valence-electron chi connectivity index (χ2n) is 7.84. The molecule has 0 saturated heterocycles. The van der Waals surface area contributed by atoms with Crippen LogP contribution in [-0.4, -0.2) is 20.2 Å². The molecule has 1 fully saturated rings. The smallest absolute Gasteiger partial charge is 0.299 e. The van der Waals surface area contributed by atoms with E-state index in [1.54, 1.807) is 29.0 Å². The van der Waals surface area contributed by atoms with Crippen molar-refractivity contribution in [2.24, 2.45) is 11.1 Å². The largest absolute Gasteiger partial charge is 0.457 e. The lowest BCUT2D eigenvalue weighted by Gasteiger charge is -2.12. The highest BCUT2D eigenvalue weighted by Crippen LogP contribution is 2.28. The Morgan fingerprint density at radius 3 is 2.39 bits per heavy atom. The first-order valence-corrected chi connectivity index (χ1v) is 13.0. The monoisotopic (exact) mass is 539 g/mol. The van der Waals surface area contributed by atoms with Crippen molar-refractivity contribution in [3.63, 3.8) is 0 Å². The summed E-state index contributed by atoms with van der Waals surface area (Å²) in [6.07, 6.45) is 10.6. The molecule has 0 aliphatic heterocycles. The summed E-state index contributed by atoms with van der Waals surface area (Å²) < 4.78 is 31.0. The first-order chi connectivity index (χ1) is 15.6. The van der Waals surface area contributed by atoms with Crippen molar-refractivity contribution >= 4 is 44.0 Å². The van der Waals surface area contributed by atoms with Gasteiger partial charge in [0.15, 0.2) is 0 Å². The molecular formula is C23H30BrN3O5S. The Morgan fingerprint density at radius 1 is 1.21 bits per heavy atom. The Kier molecular flexibility index (Phi) is 10.3. The van der Waals surface area contributed by atoms with E-state index in [4.69, 9.17) is 9.88 Å². The number of benzene rings is 1. The third-order valence-electron chi connectivity index (χ3n) is 5.08. The fourth-order valence-corrected chi connectivity index (χ4v) is 4.07. The number of hydrogen-bond donors (Lipinski definition) is 3. The van der Waals surface area contributed by atoms with Crippen LogP contribution >= 0.6 is 15.9 Å². The van der Waals surface area contributed by atoms with Crippen molar-refractivity contribution in [1.82, 2.24) is 10.0 Å². The second-order valence-corrected chi connectivity index (χ2v) is 10.3. The normalized spacial score (nSPS) is 15.9. The first kappa shape index (κ1) is 26.8. The zero-order valence-corrected chi connectivity index (χ0v) is 21.2. The molecule has 0 unspecified atom stereocenters. The van der Waals surface area contributed by atoms with Gasteiger partial charge in [0.05, 0.1) is 0 Å². The molecule has 0 heterocycles. The third-order valence-corrected chi connectivity index (χ3v) is 5.95. The number of hydrogen-bond acceptors (Lipinski definition) is 5. The average molecular weight is 540 g/mol. The molecule has 2 rings (SSSR count). The number of ether oxygens (including phenoxy) is 1. The van der Waals surface area contributed by atoms with Crippen LogP contribution in [0.1, 0.15) is 57.9 Å². The zero-order chi connectivity index (χ0) is 24.4. The molecule has 1 aromatic rings. The van der Waals surface area contributed by atoms with Crippen molar-refractivity contribution in [2.45, 2.75) is 52.4 Å². The van der Waals surface area contributed by atoms with E-state index < -0.39 is 16.1 Å². The van der Waals surface area contributed by atoms with Crippen LogP contribution in [0.3, 0.4) is 0 Å². The summed E-state index contributed by atoms with van der Waals surface area (Å²) in [5.74, 6) is 0.351. The lowest BCUT2D eigenvalue weighted by molar-refractivity contribution is -0.123. The topological polar surface area (TPSA) is 128 Å². The van der Waals surface area contributed by atoms with Crippen LogP contribution < -0.4 is 19.9 Å². The Bertz CT molecular complexity index is 1040. The fraction of sp³-hybridized carbons (Fsp3) is 0.391. The molecule has 33 heavy (non-hydrogen) atoms. The molecule has 0 aromatic heterocycles. The number of carbonyl (C=O) groups excluding carboxylic acids is 2. The Hall–Kier alpha value is -2.43. The number of nitrogens with two attached hydrogens (primary N) is 1. The molecule has 2 amide bonds. The van der Waals surface area contributed by atoms with Crippen LogP contribution in [-0.2, 0) is 19.8 Å². The molecule has 180 valence electrons. The van der Waals surface area contributed by atoms with E-state index in [-0.39, 0.29) is 18.0 Å². The summed E-state index contributed by atoms with van der Waals surface area (Å²) in [6, 6.07) is 6.76. The molecular weight excluding hydrogens is 510 g/mol. The number of allylic oxidation sites excluding steroid dienone is 3. The fourth-order valence-electron chi connectivity index (χ4n) is 3.49. The van der Waals surface area contributed by atoms with Gasteiger partial charge >= 0.3 is 0 Å². The van der Waals surface area contributed by atoms with Crippen LogP contribution in [0.25, 0.3) is 6.08 Å². The van der Waals surface area contributed by atoms with Crippen molar-refractivity contribution in [3.8, 4) is 5.75 Å². The predicted molar refractivity (Wildman–Crippen MR) is 132 cm³/mol. The van der Waals surface area contributed by atoms with Crippen molar-refractivity contribution in [3.05, 3.63) is 57.9 Å². The summed E-state index contributed by atoms with van der Waals surface area (Å²) in [6.45, 7) is 3.74. The Labute approximate surface area is 203 Å². The maximum Gasteiger partial charge on any atom is 0.299 e. The number of halogens is 1. The van der Waals surface area contributed by atoms with Crippen molar-refractivity contribution in [1.29, 1.82) is 0 Å². The van der Waals surface area contributed by atoms with E-state index in [2.05, 4.69) is 21.2 Å². The van der Waals surface area contributed by atoms with Crippen molar-refractivity contribution < 1.29 is 22.7 Å². The van der Waals surface area contributed by atoms with Gasteiger partial charge in [0.2, 0.25) is 5.91 Å². The number of carbonyl (C=O) groups is 2. The lowest BCUT2D eigenvalue weighted by Crippen LogP contribution is -2.41. The molecule has 1 aliphatic carbocycles. The summed E-state index contributed by atoms with van der Waals surface area (Å²) in [5.41, 5.74) is 0.352. The second kappa shape index (κ2) is 12.7. The number of rotatable bonds is 10. The van der Waals surface area contributed by atoms with Gasteiger partial charge in [0.1, 0.15) is 17.2 Å². The summed E-state index contributed by atoms with van der Waals surface area (Å²) in [4.78, 5) is 24.8. The summed E-state index contributed by atoms with van der Waals surface area (Å²) in [7, 11) is -4.28. The SMILES string of the molecule is CC=CC(Oc1ccc(C=C(NC(=O)CCC2CCCC2)C(=O)NS(N)(=O)=O)cc1)=C(C)Br. The van der Waals surface area contributed by atoms with E-state index in [1.165, 1.54) is 18.9 Å². The Balaban J connectivity index is 2.17. The van der Waals surface area contributed by atoms with Gasteiger partial charge in [-0.15, -0.1) is 0 Å². The zero-order valence-electron chi connectivity index (χ0n) is 18.8. The quantitative estimate of drug-likeness (QED) is 0.235. The predicted octanol–water partition coefficient (Wildman–Crippen LogP) is 4.02. The summed E-state index contributed by atoms with van der Waals surface area (Å²) >= 11 is 3.39. The number of nitrogens with one attached hydrogen (secondary N) is 2. The maximum atomic E-state index is 12.4. The first-order valence-electron chi connectivity index (χ1n) is 10.7. The molecule has 1 saturated carbocycles. The average Bonchev–Trinajstić information content (AvgIpc) is 3.25. The molecule has 0 spiro atoms. The maximum absolute atomic E-state index is 12.4. The van der Waals surface area contributed by atoms with Crippen LogP contribution in [0.5, 0.6) is 5.75 Å². The van der Waals surface area contributed by atoms with E-state index >= 15 is 0 Å². The van der Waals surface area contributed by atoms with Gasteiger partial charge < -0.3 is 10.1 Å². The van der Waals surface area contributed by atoms with Gasteiger partial charge in [0.25, 0.3) is 16.1 Å². The molecule has 8 nitrogen and oxygen atoms in total. The highest BCUT2D eigenvalue weighted by atomic mass is 79.9. The van der Waals surface area contributed by atoms with E-state index in [0.29, 0.717) is 23.0 Å². The van der Waals surface area contributed by atoms with Crippen LogP contribution in [0.15, 0.2) is 52.4 Å². The highest BCUT2D eigenvalue weighted by Gasteiger charge is 2.20. The minimum absolute atomic E-state index is 0.208. The van der Waals surface area contributed by atoms with E-state index in [9.17, 15) is 18.0 Å². The number of amides is 2. The molecule has 0 radical (unpaired) electrons. The minimum Gasteiger partial charge on any atom is -0.457 e. The molecule has 0 bridgehead atoms. The summed E-state index contributed by atoms with van der Waals surface area (Å²) in [5, 5.41) is 7.45. The van der Waals surface area contributed by atoms with E-state index in [1.807, 2.05) is 26.0 Å².